The second-order valence-electron chi connectivity index (χ2n) is 5.21. The third-order valence-corrected chi connectivity index (χ3v) is 3.46. The number of aromatic nitrogens is 1. The van der Waals surface area contributed by atoms with Crippen LogP contribution in [0.2, 0.25) is 0 Å². The molecule has 0 radical (unpaired) electrons. The van der Waals surface area contributed by atoms with Crippen LogP contribution in [0.1, 0.15) is 49.4 Å². The van der Waals surface area contributed by atoms with Crippen LogP contribution in [0.3, 0.4) is 0 Å². The SMILES string of the molecule is CCCC(O)CNC(=O)c1ccnc(OC2CCC2)c1. The number of aliphatic hydroxyl groups excluding tert-OH is 1. The number of hydrogen-bond donors (Lipinski definition) is 2. The average Bonchev–Trinajstić information content (AvgIpc) is 2.41. The van der Waals surface area contributed by atoms with Gasteiger partial charge in [-0.1, -0.05) is 13.3 Å². The maximum Gasteiger partial charge on any atom is 0.251 e. The highest BCUT2D eigenvalue weighted by Crippen LogP contribution is 2.24. The van der Waals surface area contributed by atoms with Gasteiger partial charge in [0.05, 0.1) is 6.10 Å². The third-order valence-electron chi connectivity index (χ3n) is 3.46. The average molecular weight is 278 g/mol. The molecule has 1 fully saturated rings. The number of ether oxygens (including phenoxy) is 1. The minimum Gasteiger partial charge on any atom is -0.474 e. The molecule has 1 aromatic heterocycles. The molecule has 20 heavy (non-hydrogen) atoms. The predicted octanol–water partition coefficient (Wildman–Crippen LogP) is 1.90. The lowest BCUT2D eigenvalue weighted by atomic mass is 9.96. The van der Waals surface area contributed by atoms with Crippen LogP contribution in [0.4, 0.5) is 0 Å². The summed E-state index contributed by atoms with van der Waals surface area (Å²) in [5.41, 5.74) is 0.512. The Morgan fingerprint density at radius 1 is 1.60 bits per heavy atom. The molecule has 1 unspecified atom stereocenters. The first-order valence-corrected chi connectivity index (χ1v) is 7.28. The maximum absolute atomic E-state index is 12.0. The second-order valence-corrected chi connectivity index (χ2v) is 5.21. The van der Waals surface area contributed by atoms with Gasteiger partial charge in [-0.15, -0.1) is 0 Å². The topological polar surface area (TPSA) is 71.5 Å². The fourth-order valence-corrected chi connectivity index (χ4v) is 2.02. The molecule has 1 aromatic rings. The number of nitrogens with zero attached hydrogens (tertiary/aromatic N) is 1. The van der Waals surface area contributed by atoms with Gasteiger partial charge in [-0.25, -0.2) is 4.98 Å². The van der Waals surface area contributed by atoms with E-state index in [0.717, 1.165) is 19.3 Å². The van der Waals surface area contributed by atoms with Gasteiger partial charge < -0.3 is 15.2 Å². The highest BCUT2D eigenvalue weighted by molar-refractivity contribution is 5.94. The van der Waals surface area contributed by atoms with Gasteiger partial charge in [0.15, 0.2) is 0 Å². The van der Waals surface area contributed by atoms with E-state index in [1.165, 1.54) is 6.42 Å². The van der Waals surface area contributed by atoms with E-state index in [1.54, 1.807) is 18.3 Å². The Kier molecular flexibility index (Phi) is 5.35. The van der Waals surface area contributed by atoms with E-state index in [2.05, 4.69) is 10.3 Å². The summed E-state index contributed by atoms with van der Waals surface area (Å²) in [6.07, 6.45) is 6.22. The van der Waals surface area contributed by atoms with Crippen molar-refractivity contribution in [1.82, 2.24) is 10.3 Å². The lowest BCUT2D eigenvalue weighted by Crippen LogP contribution is -2.32. The number of aliphatic hydroxyl groups is 1. The highest BCUT2D eigenvalue weighted by atomic mass is 16.5. The molecule has 1 heterocycles. The normalized spacial score (nSPS) is 16.3. The summed E-state index contributed by atoms with van der Waals surface area (Å²) in [7, 11) is 0. The van der Waals surface area contributed by atoms with Crippen molar-refractivity contribution in [2.45, 2.75) is 51.2 Å². The third kappa shape index (κ3) is 4.20. The summed E-state index contributed by atoms with van der Waals surface area (Å²) in [4.78, 5) is 16.1. The van der Waals surface area contributed by atoms with Crippen molar-refractivity contribution in [3.63, 3.8) is 0 Å². The predicted molar refractivity (Wildman–Crippen MR) is 75.8 cm³/mol. The zero-order valence-electron chi connectivity index (χ0n) is 11.8. The van der Waals surface area contributed by atoms with Crippen molar-refractivity contribution < 1.29 is 14.6 Å². The van der Waals surface area contributed by atoms with Gasteiger partial charge in [-0.3, -0.25) is 4.79 Å². The van der Waals surface area contributed by atoms with Crippen LogP contribution in [-0.2, 0) is 0 Å². The van der Waals surface area contributed by atoms with Crippen LogP contribution in [0, 0.1) is 0 Å². The van der Waals surface area contributed by atoms with Crippen molar-refractivity contribution in [3.05, 3.63) is 23.9 Å². The first-order valence-electron chi connectivity index (χ1n) is 7.28. The number of hydrogen-bond acceptors (Lipinski definition) is 4. The first-order chi connectivity index (χ1) is 9.69. The van der Waals surface area contributed by atoms with Gasteiger partial charge in [-0.05, 0) is 31.7 Å². The van der Waals surface area contributed by atoms with Gasteiger partial charge in [0.2, 0.25) is 5.88 Å². The number of pyridine rings is 1. The zero-order chi connectivity index (χ0) is 14.4. The van der Waals surface area contributed by atoms with Crippen molar-refractivity contribution in [3.8, 4) is 5.88 Å². The van der Waals surface area contributed by atoms with Gasteiger partial charge >= 0.3 is 0 Å². The number of nitrogens with one attached hydrogen (secondary N) is 1. The smallest absolute Gasteiger partial charge is 0.251 e. The minimum absolute atomic E-state index is 0.207. The molecule has 1 aliphatic rings. The Morgan fingerprint density at radius 3 is 3.05 bits per heavy atom. The molecule has 0 bridgehead atoms. The van der Waals surface area contributed by atoms with E-state index >= 15 is 0 Å². The molecule has 5 heteroatoms. The fourth-order valence-electron chi connectivity index (χ4n) is 2.02. The van der Waals surface area contributed by atoms with E-state index in [1.807, 2.05) is 6.92 Å². The van der Waals surface area contributed by atoms with Crippen molar-refractivity contribution in [1.29, 1.82) is 0 Å². The van der Waals surface area contributed by atoms with Gasteiger partial charge in [-0.2, -0.15) is 0 Å². The summed E-state index contributed by atoms with van der Waals surface area (Å²) < 4.78 is 5.66. The lowest BCUT2D eigenvalue weighted by molar-refractivity contribution is 0.0906. The Balaban J connectivity index is 1.86. The number of rotatable bonds is 7. The molecule has 0 spiro atoms. The Hall–Kier alpha value is -1.62. The van der Waals surface area contributed by atoms with E-state index in [-0.39, 0.29) is 18.6 Å². The van der Waals surface area contributed by atoms with Crippen LogP contribution in [-0.4, -0.2) is 34.8 Å². The summed E-state index contributed by atoms with van der Waals surface area (Å²) >= 11 is 0. The standard InChI is InChI=1S/C15H22N2O3/c1-2-4-12(18)10-17-15(19)11-7-8-16-14(9-11)20-13-5-3-6-13/h7-9,12-13,18H,2-6,10H2,1H3,(H,17,19). The van der Waals surface area contributed by atoms with Crippen LogP contribution >= 0.6 is 0 Å². The van der Waals surface area contributed by atoms with Crippen molar-refractivity contribution in [2.24, 2.45) is 0 Å². The molecular formula is C15H22N2O3. The molecule has 2 rings (SSSR count). The van der Waals surface area contributed by atoms with E-state index in [0.29, 0.717) is 17.9 Å². The molecule has 0 aliphatic heterocycles. The minimum atomic E-state index is -0.489. The van der Waals surface area contributed by atoms with E-state index in [4.69, 9.17) is 4.74 Å². The molecule has 2 N–H and O–H groups in total. The second kappa shape index (κ2) is 7.24. The summed E-state index contributed by atoms with van der Waals surface area (Å²) in [6.45, 7) is 2.27. The lowest BCUT2D eigenvalue weighted by Gasteiger charge is -2.25. The van der Waals surface area contributed by atoms with Crippen molar-refractivity contribution in [2.75, 3.05) is 6.54 Å². The maximum atomic E-state index is 12.0. The van der Waals surface area contributed by atoms with Crippen molar-refractivity contribution >= 4 is 5.91 Å². The first kappa shape index (κ1) is 14.8. The Bertz CT molecular complexity index is 446. The van der Waals surface area contributed by atoms with Crippen LogP contribution in [0.15, 0.2) is 18.3 Å². The monoisotopic (exact) mass is 278 g/mol. The summed E-state index contributed by atoms with van der Waals surface area (Å²) in [6, 6.07) is 3.30. The molecular weight excluding hydrogens is 256 g/mol. The quantitative estimate of drug-likeness (QED) is 0.799. The highest BCUT2D eigenvalue weighted by Gasteiger charge is 2.20. The van der Waals surface area contributed by atoms with Gasteiger partial charge in [0, 0.05) is 24.4 Å². The molecule has 1 saturated carbocycles. The number of carbonyl (C=O) groups excluding carboxylic acids is 1. The fraction of sp³-hybridized carbons (Fsp3) is 0.600. The van der Waals surface area contributed by atoms with Gasteiger partial charge in [0.25, 0.3) is 5.91 Å². The van der Waals surface area contributed by atoms with E-state index in [9.17, 15) is 9.90 Å². The van der Waals surface area contributed by atoms with Crippen LogP contribution in [0.5, 0.6) is 5.88 Å². The molecule has 1 amide bonds. The molecule has 0 aromatic carbocycles. The molecule has 110 valence electrons. The molecule has 0 saturated heterocycles. The molecule has 1 atom stereocenters. The zero-order valence-corrected chi connectivity index (χ0v) is 11.8. The van der Waals surface area contributed by atoms with Crippen LogP contribution < -0.4 is 10.1 Å². The number of amides is 1. The molecule has 1 aliphatic carbocycles. The summed E-state index contributed by atoms with van der Waals surface area (Å²) in [5, 5.41) is 12.3. The Morgan fingerprint density at radius 2 is 2.40 bits per heavy atom. The Labute approximate surface area is 119 Å². The largest absolute Gasteiger partial charge is 0.474 e. The number of carbonyl (C=O) groups is 1. The van der Waals surface area contributed by atoms with Crippen LogP contribution in [0.25, 0.3) is 0 Å². The molecule has 5 nitrogen and oxygen atoms in total. The van der Waals surface area contributed by atoms with Gasteiger partial charge in [0.1, 0.15) is 6.10 Å². The summed E-state index contributed by atoms with van der Waals surface area (Å²) in [5.74, 6) is 0.289. The van der Waals surface area contributed by atoms with E-state index < -0.39 is 6.10 Å².